The van der Waals surface area contributed by atoms with Gasteiger partial charge in [0, 0.05) is 24.0 Å². The lowest BCUT2D eigenvalue weighted by molar-refractivity contribution is -0.205. The zero-order valence-corrected chi connectivity index (χ0v) is 14.6. The number of rotatable bonds is 2. The lowest BCUT2D eigenvalue weighted by atomic mass is 9.81. The summed E-state index contributed by atoms with van der Waals surface area (Å²) in [5.74, 6) is -0.256. The van der Waals surface area contributed by atoms with E-state index >= 15 is 0 Å². The standard InChI is InChI=1S/C18H21FN2O3S/c19-13-3-1-12(2-4-13)14-11-25-17(20-14)21-8-6-18(7-9-21)16(23)15(22)5-10-24-18/h1-4,11,15-16,22-23H,5-10H2/t15-,16-/m0/s1. The van der Waals surface area contributed by atoms with Crippen molar-refractivity contribution < 1.29 is 19.3 Å². The fourth-order valence-electron chi connectivity index (χ4n) is 3.66. The number of hydrogen-bond acceptors (Lipinski definition) is 6. The van der Waals surface area contributed by atoms with Crippen LogP contribution in [0.2, 0.25) is 0 Å². The van der Waals surface area contributed by atoms with Gasteiger partial charge in [-0.05, 0) is 43.5 Å². The van der Waals surface area contributed by atoms with Gasteiger partial charge in [-0.25, -0.2) is 9.37 Å². The molecule has 1 spiro atoms. The highest BCUT2D eigenvalue weighted by Gasteiger charge is 2.47. The third-order valence-corrected chi connectivity index (χ3v) is 6.12. The van der Waals surface area contributed by atoms with Gasteiger partial charge in [-0.15, -0.1) is 11.3 Å². The van der Waals surface area contributed by atoms with E-state index in [0.29, 0.717) is 25.9 Å². The van der Waals surface area contributed by atoms with Gasteiger partial charge in [-0.3, -0.25) is 0 Å². The number of hydrogen-bond donors (Lipinski definition) is 2. The number of thiazole rings is 1. The van der Waals surface area contributed by atoms with E-state index in [9.17, 15) is 14.6 Å². The number of piperidine rings is 1. The Hall–Kier alpha value is -1.54. The molecule has 5 nitrogen and oxygen atoms in total. The normalized spacial score (nSPS) is 26.1. The Morgan fingerprint density at radius 1 is 1.20 bits per heavy atom. The molecule has 2 aromatic rings. The van der Waals surface area contributed by atoms with Gasteiger partial charge in [0.15, 0.2) is 5.13 Å². The largest absolute Gasteiger partial charge is 0.390 e. The quantitative estimate of drug-likeness (QED) is 0.857. The van der Waals surface area contributed by atoms with Crippen molar-refractivity contribution in [1.29, 1.82) is 0 Å². The summed E-state index contributed by atoms with van der Waals surface area (Å²) in [6, 6.07) is 6.33. The Balaban J connectivity index is 1.45. The number of halogens is 1. The fraction of sp³-hybridized carbons (Fsp3) is 0.500. The van der Waals surface area contributed by atoms with Gasteiger partial charge in [-0.2, -0.15) is 0 Å². The van der Waals surface area contributed by atoms with Crippen molar-refractivity contribution in [3.63, 3.8) is 0 Å². The van der Waals surface area contributed by atoms with Crippen molar-refractivity contribution in [3.05, 3.63) is 35.5 Å². The van der Waals surface area contributed by atoms with Crippen molar-refractivity contribution in [2.45, 2.75) is 37.1 Å². The molecule has 4 rings (SSSR count). The van der Waals surface area contributed by atoms with Crippen LogP contribution >= 0.6 is 11.3 Å². The van der Waals surface area contributed by atoms with Crippen LogP contribution in [0.25, 0.3) is 11.3 Å². The van der Waals surface area contributed by atoms with Crippen LogP contribution in [0.4, 0.5) is 9.52 Å². The fourth-order valence-corrected chi connectivity index (χ4v) is 4.54. The van der Waals surface area contributed by atoms with Crippen LogP contribution in [-0.2, 0) is 4.74 Å². The molecule has 0 bridgehead atoms. The second-order valence-electron chi connectivity index (χ2n) is 6.72. The number of aliphatic hydroxyl groups is 2. The Morgan fingerprint density at radius 3 is 2.64 bits per heavy atom. The van der Waals surface area contributed by atoms with E-state index in [0.717, 1.165) is 29.5 Å². The lowest BCUT2D eigenvalue weighted by Crippen LogP contribution is -2.59. The van der Waals surface area contributed by atoms with Gasteiger partial charge >= 0.3 is 0 Å². The molecule has 0 amide bonds. The monoisotopic (exact) mass is 364 g/mol. The van der Waals surface area contributed by atoms with Crippen LogP contribution in [0.15, 0.2) is 29.6 Å². The summed E-state index contributed by atoms with van der Waals surface area (Å²) in [4.78, 5) is 6.85. The minimum atomic E-state index is -0.825. The molecule has 0 aliphatic carbocycles. The molecule has 2 aliphatic heterocycles. The van der Waals surface area contributed by atoms with Crippen molar-refractivity contribution in [2.24, 2.45) is 0 Å². The first-order valence-electron chi connectivity index (χ1n) is 8.54. The van der Waals surface area contributed by atoms with Gasteiger partial charge in [0.2, 0.25) is 0 Å². The van der Waals surface area contributed by atoms with E-state index in [1.165, 1.54) is 12.1 Å². The number of benzene rings is 1. The van der Waals surface area contributed by atoms with E-state index in [1.54, 1.807) is 23.5 Å². The molecule has 134 valence electrons. The maximum absolute atomic E-state index is 13.1. The van der Waals surface area contributed by atoms with Gasteiger partial charge in [0.05, 0.1) is 24.0 Å². The summed E-state index contributed by atoms with van der Waals surface area (Å²) in [7, 11) is 0. The third kappa shape index (κ3) is 3.17. The van der Waals surface area contributed by atoms with Crippen LogP contribution < -0.4 is 4.90 Å². The molecular weight excluding hydrogens is 343 g/mol. The molecule has 2 atom stereocenters. The third-order valence-electron chi connectivity index (χ3n) is 5.22. The molecule has 7 heteroatoms. The van der Waals surface area contributed by atoms with E-state index in [-0.39, 0.29) is 5.82 Å². The van der Waals surface area contributed by atoms with E-state index in [4.69, 9.17) is 4.74 Å². The summed E-state index contributed by atoms with van der Waals surface area (Å²) in [6.45, 7) is 1.94. The average molecular weight is 364 g/mol. The molecular formula is C18H21FN2O3S. The number of ether oxygens (including phenoxy) is 1. The van der Waals surface area contributed by atoms with Gasteiger partial charge in [0.1, 0.15) is 11.9 Å². The summed E-state index contributed by atoms with van der Waals surface area (Å²) in [6.07, 6.45) is 0.285. The highest BCUT2D eigenvalue weighted by Crippen LogP contribution is 2.38. The summed E-state index contributed by atoms with van der Waals surface area (Å²) in [5.41, 5.74) is 1.10. The molecule has 0 radical (unpaired) electrons. The van der Waals surface area contributed by atoms with Crippen LogP contribution in [0.5, 0.6) is 0 Å². The first kappa shape index (κ1) is 16.9. The van der Waals surface area contributed by atoms with Crippen LogP contribution in [0.3, 0.4) is 0 Å². The highest BCUT2D eigenvalue weighted by atomic mass is 32.1. The zero-order valence-electron chi connectivity index (χ0n) is 13.8. The number of anilines is 1. The topological polar surface area (TPSA) is 65.8 Å². The predicted molar refractivity (Wildman–Crippen MR) is 94.3 cm³/mol. The van der Waals surface area contributed by atoms with Gasteiger partial charge in [-0.1, -0.05) is 0 Å². The molecule has 2 saturated heterocycles. The maximum atomic E-state index is 13.1. The Labute approximate surface area is 149 Å². The van der Waals surface area contributed by atoms with E-state index in [1.807, 2.05) is 5.38 Å². The smallest absolute Gasteiger partial charge is 0.185 e. The van der Waals surface area contributed by atoms with Crippen LogP contribution in [0.1, 0.15) is 19.3 Å². The molecule has 2 aliphatic rings. The van der Waals surface area contributed by atoms with Crippen LogP contribution in [-0.4, -0.2) is 52.7 Å². The zero-order chi connectivity index (χ0) is 17.4. The molecule has 2 N–H and O–H groups in total. The number of nitrogens with zero attached hydrogens (tertiary/aromatic N) is 2. The molecule has 0 unspecified atom stereocenters. The molecule has 1 aromatic carbocycles. The Morgan fingerprint density at radius 2 is 1.92 bits per heavy atom. The maximum Gasteiger partial charge on any atom is 0.185 e. The van der Waals surface area contributed by atoms with Crippen LogP contribution in [0, 0.1) is 5.82 Å². The average Bonchev–Trinajstić information content (AvgIpc) is 3.11. The number of aromatic nitrogens is 1. The van der Waals surface area contributed by atoms with Crippen molar-refractivity contribution in [3.8, 4) is 11.3 Å². The summed E-state index contributed by atoms with van der Waals surface area (Å²) < 4.78 is 18.9. The van der Waals surface area contributed by atoms with Crippen molar-refractivity contribution in [1.82, 2.24) is 4.98 Å². The Bertz CT molecular complexity index is 728. The lowest BCUT2D eigenvalue weighted by Gasteiger charge is -2.48. The minimum absolute atomic E-state index is 0.256. The first-order valence-corrected chi connectivity index (χ1v) is 9.42. The van der Waals surface area contributed by atoms with Crippen molar-refractivity contribution >= 4 is 16.5 Å². The Kier molecular flexibility index (Phi) is 4.49. The molecule has 0 saturated carbocycles. The van der Waals surface area contributed by atoms with Crippen molar-refractivity contribution in [2.75, 3.05) is 24.6 Å². The van der Waals surface area contributed by atoms with Gasteiger partial charge < -0.3 is 19.8 Å². The summed E-state index contributed by atoms with van der Waals surface area (Å²) >= 11 is 1.56. The highest BCUT2D eigenvalue weighted by molar-refractivity contribution is 7.14. The minimum Gasteiger partial charge on any atom is -0.390 e. The van der Waals surface area contributed by atoms with E-state index < -0.39 is 17.8 Å². The summed E-state index contributed by atoms with van der Waals surface area (Å²) in [5, 5.41) is 23.2. The SMILES string of the molecule is O[C@H]1CCOC2(CCN(c3nc(-c4ccc(F)cc4)cs3)CC2)[C@H]1O. The number of aliphatic hydroxyl groups excluding tert-OH is 2. The first-order chi connectivity index (χ1) is 12.1. The second-order valence-corrected chi connectivity index (χ2v) is 7.56. The second kappa shape index (κ2) is 6.64. The predicted octanol–water partition coefficient (Wildman–Crippen LogP) is 2.43. The van der Waals surface area contributed by atoms with E-state index in [2.05, 4.69) is 9.88 Å². The molecule has 2 fully saturated rings. The van der Waals surface area contributed by atoms with Gasteiger partial charge in [0.25, 0.3) is 0 Å². The molecule has 25 heavy (non-hydrogen) atoms. The molecule has 3 heterocycles. The molecule has 1 aromatic heterocycles.